The van der Waals surface area contributed by atoms with E-state index >= 15 is 0 Å². The summed E-state index contributed by atoms with van der Waals surface area (Å²) in [5, 5.41) is 0. The van der Waals surface area contributed by atoms with E-state index in [1.54, 1.807) is 0 Å². The second kappa shape index (κ2) is 15.5. The molecule has 0 heterocycles. The molecule has 0 unspecified atom stereocenters. The summed E-state index contributed by atoms with van der Waals surface area (Å²) in [6.45, 7) is 0. The molecule has 0 aromatic rings. The zero-order valence-corrected chi connectivity index (χ0v) is 4.07. The van der Waals surface area contributed by atoms with Gasteiger partial charge in [0.2, 0.25) is 0 Å². The summed E-state index contributed by atoms with van der Waals surface area (Å²) in [7, 11) is 0. The molecule has 9 heteroatoms. The van der Waals surface area contributed by atoms with E-state index < -0.39 is 14.5 Å². The first-order valence-electron chi connectivity index (χ1n) is 0.783. The number of rotatable bonds is 0. The Morgan fingerprint density at radius 2 is 0.889 bits per heavy atom. The van der Waals surface area contributed by atoms with Crippen LogP contribution in [0.15, 0.2) is 0 Å². The Hall–Kier alpha value is 5.02. The van der Waals surface area contributed by atoms with Crippen LogP contribution in [0.3, 0.4) is 0 Å². The van der Waals surface area contributed by atoms with Crippen LogP contribution in [-0.2, 0) is 3.74 Å². The van der Waals surface area contributed by atoms with Gasteiger partial charge in [-0.1, -0.05) is 0 Å². The van der Waals surface area contributed by atoms with E-state index in [0.29, 0.717) is 0 Å². The van der Waals surface area contributed by atoms with Crippen LogP contribution in [0, 0.1) is 0 Å². The maximum absolute atomic E-state index is 8.94. The molecule has 0 amide bonds. The standard InChI is InChI=1S/AsH3O4.3Ca.Na.7H/c2-1(3,4)5;;;;;;;;;;;/h(H3,2,3,4,5);;;;;;;;;;;. The summed E-state index contributed by atoms with van der Waals surface area (Å²) in [5.74, 6) is 0. The zero-order valence-electron chi connectivity index (χ0n) is 2.20. The van der Waals surface area contributed by atoms with Crippen LogP contribution in [0.4, 0.5) is 0 Å². The number of hydrogen-bond donors (Lipinski definition) is 3. The van der Waals surface area contributed by atoms with Crippen molar-refractivity contribution in [1.29, 1.82) is 0 Å². The molecule has 0 aliphatic rings. The van der Waals surface area contributed by atoms with Gasteiger partial charge in [0.1, 0.15) is 0 Å². The second-order valence-electron chi connectivity index (χ2n) is 0.513. The minimum atomic E-state index is -5.12. The first-order chi connectivity index (χ1) is 2.00. The topological polar surface area (TPSA) is 77.8 Å². The first-order valence-corrected chi connectivity index (χ1v) is 4.07. The van der Waals surface area contributed by atoms with Crippen molar-refractivity contribution in [1.82, 2.24) is 0 Å². The van der Waals surface area contributed by atoms with E-state index in [9.17, 15) is 0 Å². The van der Waals surface area contributed by atoms with E-state index in [2.05, 4.69) is 0 Å². The van der Waals surface area contributed by atoms with Gasteiger partial charge in [-0.15, -0.1) is 0 Å². The van der Waals surface area contributed by atoms with Crippen molar-refractivity contribution in [3.05, 3.63) is 0 Å². The van der Waals surface area contributed by atoms with Gasteiger partial charge in [-0.2, -0.15) is 0 Å². The van der Waals surface area contributed by atoms with Crippen molar-refractivity contribution >= 4 is 157 Å². The van der Waals surface area contributed by atoms with Gasteiger partial charge in [-0.25, -0.2) is 0 Å². The fourth-order valence-corrected chi connectivity index (χ4v) is 0. The van der Waals surface area contributed by atoms with Crippen LogP contribution in [0.25, 0.3) is 0 Å². The molecule has 0 rings (SSSR count). The van der Waals surface area contributed by atoms with E-state index in [1.165, 1.54) is 0 Å². The minimum absolute atomic E-state index is 0. The monoisotopic (exact) mass is 292 g/mol. The van der Waals surface area contributed by atoms with Gasteiger partial charge in [0.15, 0.2) is 0 Å². The molecule has 4 nitrogen and oxygen atoms in total. The molecule has 9 heavy (non-hydrogen) atoms. The van der Waals surface area contributed by atoms with Gasteiger partial charge in [-0.3, -0.25) is 0 Å². The molecule has 0 saturated carbocycles. The summed E-state index contributed by atoms with van der Waals surface area (Å²) < 4.78 is 30.7. The van der Waals surface area contributed by atoms with Crippen molar-refractivity contribution in [3.63, 3.8) is 0 Å². The molecule has 0 aliphatic carbocycles. The quantitative estimate of drug-likeness (QED) is 0.389. The fraction of sp³-hybridized carbons (Fsp3) is 0. The first kappa shape index (κ1) is 29.2. The maximum atomic E-state index is 8.94. The molecular formula is H10AsCa3NaO4. The van der Waals surface area contributed by atoms with Crippen molar-refractivity contribution in [2.24, 2.45) is 0 Å². The molecule has 0 atom stereocenters. The SMILES string of the molecule is O=[As](O)(O)O.[CaH2].[CaH2].[CaH2].[NaH]. The zero-order chi connectivity index (χ0) is 4.50. The Bertz CT molecular complexity index is 61.9. The van der Waals surface area contributed by atoms with Crippen molar-refractivity contribution in [3.8, 4) is 0 Å². The van der Waals surface area contributed by atoms with Gasteiger partial charge in [0.25, 0.3) is 0 Å². The van der Waals surface area contributed by atoms with Crippen LogP contribution < -0.4 is 0 Å². The van der Waals surface area contributed by atoms with Crippen LogP contribution in [0.5, 0.6) is 0 Å². The van der Waals surface area contributed by atoms with Crippen LogP contribution in [0.2, 0.25) is 0 Å². The van der Waals surface area contributed by atoms with Gasteiger partial charge < -0.3 is 0 Å². The average molecular weight is 292 g/mol. The van der Waals surface area contributed by atoms with E-state index in [0.717, 1.165) is 0 Å². The second-order valence-corrected chi connectivity index (χ2v) is 2.67. The third-order valence-electron chi connectivity index (χ3n) is 0. The van der Waals surface area contributed by atoms with E-state index in [4.69, 9.17) is 16.0 Å². The Kier molecular flexibility index (Phi) is 50.3. The Morgan fingerprint density at radius 1 is 0.889 bits per heavy atom. The van der Waals surface area contributed by atoms with Crippen molar-refractivity contribution in [2.45, 2.75) is 0 Å². The summed E-state index contributed by atoms with van der Waals surface area (Å²) in [6.07, 6.45) is 0. The van der Waals surface area contributed by atoms with Gasteiger partial charge in [0, 0.05) is 0 Å². The molecule has 0 spiro atoms. The normalized spacial score (nSPS) is 6.56. The Balaban J connectivity index is -0.0000000133. The molecule has 0 aliphatic heterocycles. The molecular weight excluding hydrogens is 282 g/mol. The molecule has 46 valence electrons. The van der Waals surface area contributed by atoms with Crippen molar-refractivity contribution in [2.75, 3.05) is 0 Å². The number of hydrogen-bond acceptors (Lipinski definition) is 1. The average Bonchev–Trinajstić information content (AvgIpc) is 0.722. The fourth-order valence-electron chi connectivity index (χ4n) is 0. The summed E-state index contributed by atoms with van der Waals surface area (Å²) in [6, 6.07) is 0. The van der Waals surface area contributed by atoms with E-state index in [-0.39, 0.29) is 143 Å². The van der Waals surface area contributed by atoms with Crippen LogP contribution in [-0.4, -0.2) is 170 Å². The predicted octanol–water partition coefficient (Wildman–Crippen LogP) is -5.57. The summed E-state index contributed by atoms with van der Waals surface area (Å²) in [5.41, 5.74) is 0. The summed E-state index contributed by atoms with van der Waals surface area (Å²) in [4.78, 5) is 0. The Morgan fingerprint density at radius 3 is 0.889 bits per heavy atom. The van der Waals surface area contributed by atoms with Gasteiger partial charge in [-0.05, 0) is 0 Å². The van der Waals surface area contributed by atoms with Crippen LogP contribution in [0.1, 0.15) is 0 Å². The Labute approximate surface area is 168 Å². The molecule has 3 N–H and O–H groups in total. The molecule has 0 radical (unpaired) electrons. The molecule has 0 aromatic heterocycles. The van der Waals surface area contributed by atoms with Crippen molar-refractivity contribution < 1.29 is 16.0 Å². The van der Waals surface area contributed by atoms with E-state index in [1.807, 2.05) is 0 Å². The molecule has 0 saturated heterocycles. The third kappa shape index (κ3) is 62.8. The third-order valence-corrected chi connectivity index (χ3v) is 0. The van der Waals surface area contributed by atoms with Crippen LogP contribution >= 0.6 is 0 Å². The van der Waals surface area contributed by atoms with Gasteiger partial charge >= 0.3 is 173 Å². The molecule has 0 fully saturated rings. The van der Waals surface area contributed by atoms with Gasteiger partial charge in [0.05, 0.1) is 0 Å². The molecule has 0 aromatic carbocycles. The summed E-state index contributed by atoms with van der Waals surface area (Å²) >= 11 is -5.12. The molecule has 0 bridgehead atoms. The predicted molar refractivity (Wildman–Crippen MR) is 45.9 cm³/mol.